The van der Waals surface area contributed by atoms with Gasteiger partial charge in [0.25, 0.3) is 0 Å². The lowest BCUT2D eigenvalue weighted by Crippen LogP contribution is -2.45. The zero-order valence-corrected chi connectivity index (χ0v) is 13.9. The van der Waals surface area contributed by atoms with Crippen molar-refractivity contribution in [2.24, 2.45) is 0 Å². The Bertz CT molecular complexity index is 688. The summed E-state index contributed by atoms with van der Waals surface area (Å²) in [5.41, 5.74) is 0.708. The molecule has 0 spiro atoms. The number of likely N-dealkylation sites (N-methyl/N-ethyl adjacent to an activating group) is 1. The molecule has 0 bridgehead atoms. The maximum atomic E-state index is 11.8. The van der Waals surface area contributed by atoms with E-state index in [0.717, 1.165) is 13.0 Å². The number of aromatic nitrogens is 4. The second kappa shape index (κ2) is 6.91. The smallest absolute Gasteiger partial charge is 0.315 e. The van der Waals surface area contributed by atoms with E-state index in [1.165, 1.54) is 6.33 Å². The predicted octanol–water partition coefficient (Wildman–Crippen LogP) is 0.979. The van der Waals surface area contributed by atoms with Crippen LogP contribution in [0.4, 0.5) is 4.79 Å². The van der Waals surface area contributed by atoms with Crippen molar-refractivity contribution < 1.29 is 9.32 Å². The Morgan fingerprint density at radius 1 is 1.38 bits per heavy atom. The van der Waals surface area contributed by atoms with E-state index in [9.17, 15) is 4.79 Å². The third-order valence-corrected chi connectivity index (χ3v) is 3.85. The minimum absolute atomic E-state index is 0.0276. The molecule has 3 rings (SSSR count). The lowest BCUT2D eigenvalue weighted by atomic mass is 10.1. The molecule has 0 unspecified atom stereocenters. The van der Waals surface area contributed by atoms with Crippen LogP contribution in [0.2, 0.25) is 0 Å². The van der Waals surface area contributed by atoms with E-state index in [4.69, 9.17) is 4.52 Å². The summed E-state index contributed by atoms with van der Waals surface area (Å²) in [6, 6.07) is -0.0439. The lowest BCUT2D eigenvalue weighted by Gasteiger charge is -2.15. The monoisotopic (exact) mass is 331 g/mol. The van der Waals surface area contributed by atoms with Gasteiger partial charge in [0.2, 0.25) is 11.7 Å². The molecule has 2 aromatic heterocycles. The highest BCUT2D eigenvalue weighted by Crippen LogP contribution is 2.30. The number of carbonyl (C=O) groups excluding carboxylic acids is 1. The van der Waals surface area contributed by atoms with Crippen LogP contribution in [-0.4, -0.2) is 56.7 Å². The van der Waals surface area contributed by atoms with Gasteiger partial charge in [0, 0.05) is 31.0 Å². The molecule has 128 valence electrons. The van der Waals surface area contributed by atoms with E-state index >= 15 is 0 Å². The van der Waals surface area contributed by atoms with Gasteiger partial charge in [0.1, 0.15) is 6.33 Å². The number of likely N-dealkylation sites (tertiary alicyclic amines) is 1. The standard InChI is InChI=1S/C15H21N7O2/c1-9(2)18-15(23)19-11-4-12(22(3)7-11)14-20-13(21-24-14)10-5-16-8-17-6-10/h5-6,8-9,11-12H,4,7H2,1-3H3,(H2,18,19,23)/t11-,12+/m1/s1. The van der Waals surface area contributed by atoms with Gasteiger partial charge in [-0.05, 0) is 27.3 Å². The molecule has 0 aromatic carbocycles. The fourth-order valence-electron chi connectivity index (χ4n) is 2.78. The van der Waals surface area contributed by atoms with Gasteiger partial charge in [-0.3, -0.25) is 4.90 Å². The number of nitrogens with zero attached hydrogens (tertiary/aromatic N) is 5. The molecular weight excluding hydrogens is 310 g/mol. The zero-order chi connectivity index (χ0) is 17.1. The molecule has 1 fully saturated rings. The number of nitrogens with one attached hydrogen (secondary N) is 2. The molecule has 9 heteroatoms. The summed E-state index contributed by atoms with van der Waals surface area (Å²) in [5, 5.41) is 9.81. The third-order valence-electron chi connectivity index (χ3n) is 3.85. The SMILES string of the molecule is CC(C)NC(=O)N[C@@H]1C[C@@H](c2nc(-c3cncnc3)no2)N(C)C1. The molecule has 2 atom stereocenters. The van der Waals surface area contributed by atoms with Gasteiger partial charge in [-0.1, -0.05) is 5.16 Å². The van der Waals surface area contributed by atoms with Crippen LogP contribution in [0.15, 0.2) is 23.2 Å². The summed E-state index contributed by atoms with van der Waals surface area (Å²) in [6.45, 7) is 4.58. The van der Waals surface area contributed by atoms with Crippen molar-refractivity contribution in [3.63, 3.8) is 0 Å². The van der Waals surface area contributed by atoms with Crippen LogP contribution in [0.3, 0.4) is 0 Å². The molecule has 24 heavy (non-hydrogen) atoms. The molecule has 9 nitrogen and oxygen atoms in total. The van der Waals surface area contributed by atoms with Crippen molar-refractivity contribution >= 4 is 6.03 Å². The maximum absolute atomic E-state index is 11.8. The van der Waals surface area contributed by atoms with Crippen molar-refractivity contribution in [3.8, 4) is 11.4 Å². The predicted molar refractivity (Wildman–Crippen MR) is 85.9 cm³/mol. The number of hydrogen-bond donors (Lipinski definition) is 2. The molecule has 2 N–H and O–H groups in total. The highest BCUT2D eigenvalue weighted by Gasteiger charge is 2.35. The van der Waals surface area contributed by atoms with Crippen molar-refractivity contribution in [2.45, 2.75) is 38.4 Å². The number of amides is 2. The Labute approximate surface area is 139 Å². The second-order valence-electron chi connectivity index (χ2n) is 6.24. The Morgan fingerprint density at radius 2 is 2.12 bits per heavy atom. The minimum Gasteiger partial charge on any atom is -0.337 e. The van der Waals surface area contributed by atoms with E-state index in [-0.39, 0.29) is 24.2 Å². The molecule has 1 aliphatic heterocycles. The average molecular weight is 331 g/mol. The third kappa shape index (κ3) is 3.67. The van der Waals surface area contributed by atoms with Crippen molar-refractivity contribution in [1.29, 1.82) is 0 Å². The van der Waals surface area contributed by atoms with Crippen molar-refractivity contribution in [3.05, 3.63) is 24.6 Å². The first-order chi connectivity index (χ1) is 11.5. The van der Waals surface area contributed by atoms with Gasteiger partial charge in [0.15, 0.2) is 0 Å². The molecule has 0 aliphatic carbocycles. The number of carbonyl (C=O) groups is 1. The lowest BCUT2D eigenvalue weighted by molar-refractivity contribution is 0.234. The minimum atomic E-state index is -0.156. The fourth-order valence-corrected chi connectivity index (χ4v) is 2.78. The normalized spacial score (nSPS) is 21.2. The highest BCUT2D eigenvalue weighted by molar-refractivity contribution is 5.74. The Hall–Kier alpha value is -2.55. The molecule has 2 amide bonds. The van der Waals surface area contributed by atoms with Crippen LogP contribution in [-0.2, 0) is 0 Å². The van der Waals surface area contributed by atoms with E-state index in [1.807, 2.05) is 20.9 Å². The number of urea groups is 1. The molecule has 2 aromatic rings. The first-order valence-corrected chi connectivity index (χ1v) is 7.89. The summed E-state index contributed by atoms with van der Waals surface area (Å²) in [7, 11) is 1.97. The maximum Gasteiger partial charge on any atom is 0.315 e. The van der Waals surface area contributed by atoms with Gasteiger partial charge in [-0.2, -0.15) is 4.98 Å². The fraction of sp³-hybridized carbons (Fsp3) is 0.533. The number of rotatable bonds is 4. The summed E-state index contributed by atoms with van der Waals surface area (Å²) in [5.74, 6) is 0.998. The second-order valence-corrected chi connectivity index (χ2v) is 6.24. The molecule has 0 saturated carbocycles. The molecule has 3 heterocycles. The van der Waals surface area contributed by atoms with Gasteiger partial charge >= 0.3 is 6.03 Å². The topological polar surface area (TPSA) is 109 Å². The summed E-state index contributed by atoms with van der Waals surface area (Å²) in [6.07, 6.45) is 5.45. The summed E-state index contributed by atoms with van der Waals surface area (Å²) in [4.78, 5) is 26.3. The van der Waals surface area contributed by atoms with Gasteiger partial charge in [-0.25, -0.2) is 14.8 Å². The van der Waals surface area contributed by atoms with Crippen LogP contribution >= 0.6 is 0 Å². The summed E-state index contributed by atoms with van der Waals surface area (Å²) < 4.78 is 5.40. The van der Waals surface area contributed by atoms with Gasteiger partial charge < -0.3 is 15.2 Å². The summed E-state index contributed by atoms with van der Waals surface area (Å²) >= 11 is 0. The van der Waals surface area contributed by atoms with Crippen molar-refractivity contribution in [1.82, 2.24) is 35.6 Å². The largest absolute Gasteiger partial charge is 0.337 e. The van der Waals surface area contributed by atoms with Gasteiger partial charge in [0.05, 0.1) is 11.6 Å². The quantitative estimate of drug-likeness (QED) is 0.859. The van der Waals surface area contributed by atoms with Crippen LogP contribution in [0.5, 0.6) is 0 Å². The molecular formula is C15H21N7O2. The van der Waals surface area contributed by atoms with E-state index < -0.39 is 0 Å². The highest BCUT2D eigenvalue weighted by atomic mass is 16.5. The first-order valence-electron chi connectivity index (χ1n) is 7.89. The van der Waals surface area contributed by atoms with E-state index in [2.05, 4.69) is 35.6 Å². The Balaban J connectivity index is 1.65. The average Bonchev–Trinajstić information content (AvgIpc) is 3.14. The van der Waals surface area contributed by atoms with Crippen LogP contribution in [0, 0.1) is 0 Å². The van der Waals surface area contributed by atoms with Gasteiger partial charge in [-0.15, -0.1) is 0 Å². The number of hydrogen-bond acceptors (Lipinski definition) is 7. The van der Waals surface area contributed by atoms with E-state index in [0.29, 0.717) is 17.3 Å². The molecule has 0 radical (unpaired) electrons. The van der Waals surface area contributed by atoms with Crippen LogP contribution in [0.1, 0.15) is 32.2 Å². The first kappa shape index (κ1) is 16.3. The molecule has 1 saturated heterocycles. The van der Waals surface area contributed by atoms with Crippen LogP contribution < -0.4 is 10.6 Å². The van der Waals surface area contributed by atoms with Crippen LogP contribution in [0.25, 0.3) is 11.4 Å². The molecule has 1 aliphatic rings. The van der Waals surface area contributed by atoms with Crippen molar-refractivity contribution in [2.75, 3.05) is 13.6 Å². The Morgan fingerprint density at radius 3 is 2.83 bits per heavy atom. The zero-order valence-electron chi connectivity index (χ0n) is 13.9. The van der Waals surface area contributed by atoms with E-state index in [1.54, 1.807) is 12.4 Å². The Kier molecular flexibility index (Phi) is 4.70.